The fourth-order valence-corrected chi connectivity index (χ4v) is 3.40. The van der Waals surface area contributed by atoms with Gasteiger partial charge in [0.15, 0.2) is 0 Å². The molecule has 2 aromatic rings. The van der Waals surface area contributed by atoms with Gasteiger partial charge in [-0.25, -0.2) is 10.8 Å². The number of nitrogens with zero attached hydrogens (tertiary/aromatic N) is 3. The number of aromatic nitrogens is 2. The average Bonchev–Trinajstić information content (AvgIpc) is 2.76. The summed E-state index contributed by atoms with van der Waals surface area (Å²) < 4.78 is 5.77. The van der Waals surface area contributed by atoms with E-state index in [2.05, 4.69) is 47.1 Å². The van der Waals surface area contributed by atoms with Gasteiger partial charge in [0.25, 0.3) is 0 Å². The van der Waals surface area contributed by atoms with Gasteiger partial charge < -0.3 is 9.64 Å². The second-order valence-electron chi connectivity index (χ2n) is 5.62. The van der Waals surface area contributed by atoms with Gasteiger partial charge in [-0.05, 0) is 26.8 Å². The number of nitrogens with one attached hydrogen (secondary N) is 1. The first kappa shape index (κ1) is 13.5. The Labute approximate surface area is 121 Å². The minimum absolute atomic E-state index is 0.170. The van der Waals surface area contributed by atoms with Gasteiger partial charge in [0.05, 0.1) is 17.6 Å². The molecule has 1 aliphatic rings. The number of rotatable bonds is 2. The molecule has 2 aromatic heterocycles. The highest BCUT2D eigenvalue weighted by molar-refractivity contribution is 7.18. The van der Waals surface area contributed by atoms with E-state index < -0.39 is 0 Å². The van der Waals surface area contributed by atoms with Crippen LogP contribution in [0.2, 0.25) is 0 Å². The topological polar surface area (TPSA) is 76.3 Å². The van der Waals surface area contributed by atoms with Crippen molar-refractivity contribution in [2.45, 2.75) is 26.4 Å². The van der Waals surface area contributed by atoms with Crippen LogP contribution in [0, 0.1) is 6.92 Å². The Morgan fingerprint density at radius 2 is 2.25 bits per heavy atom. The number of hydrogen-bond acceptors (Lipinski definition) is 7. The van der Waals surface area contributed by atoms with Crippen LogP contribution in [0.3, 0.4) is 0 Å². The van der Waals surface area contributed by atoms with E-state index >= 15 is 0 Å². The molecule has 1 aliphatic heterocycles. The molecule has 1 fully saturated rings. The third kappa shape index (κ3) is 2.44. The molecule has 20 heavy (non-hydrogen) atoms. The number of hydrogen-bond donors (Lipinski definition) is 2. The maximum absolute atomic E-state index is 5.77. The van der Waals surface area contributed by atoms with Crippen molar-refractivity contribution in [3.63, 3.8) is 0 Å². The summed E-state index contributed by atoms with van der Waals surface area (Å²) in [6.07, 6.45) is 0. The van der Waals surface area contributed by atoms with E-state index in [0.717, 1.165) is 29.1 Å². The number of hydrazine groups is 1. The zero-order chi connectivity index (χ0) is 14.3. The average molecular weight is 293 g/mol. The highest BCUT2D eigenvalue weighted by atomic mass is 32.1. The second-order valence-corrected chi connectivity index (χ2v) is 6.86. The Bertz CT molecular complexity index is 639. The molecule has 0 bridgehead atoms. The summed E-state index contributed by atoms with van der Waals surface area (Å²) in [6.45, 7) is 8.60. The minimum atomic E-state index is -0.170. The van der Waals surface area contributed by atoms with Crippen molar-refractivity contribution in [3.8, 4) is 0 Å². The molecule has 3 heterocycles. The standard InChI is InChI=1S/C13H19N5OS/c1-8-6-9-10(15-12(17-14)16-11(9)20-8)18-4-5-19-13(2,3)7-18/h6H,4-5,7,14H2,1-3H3,(H,15,16,17). The van der Waals surface area contributed by atoms with Gasteiger partial charge in [0, 0.05) is 18.0 Å². The summed E-state index contributed by atoms with van der Waals surface area (Å²) in [5, 5.41) is 1.09. The molecule has 0 unspecified atom stereocenters. The number of ether oxygens (including phenoxy) is 1. The molecule has 108 valence electrons. The zero-order valence-electron chi connectivity index (χ0n) is 11.9. The van der Waals surface area contributed by atoms with Crippen molar-refractivity contribution in [2.75, 3.05) is 30.0 Å². The number of aryl methyl sites for hydroxylation is 1. The summed E-state index contributed by atoms with van der Waals surface area (Å²) >= 11 is 1.66. The van der Waals surface area contributed by atoms with Crippen LogP contribution in [-0.4, -0.2) is 35.3 Å². The lowest BCUT2D eigenvalue weighted by Gasteiger charge is -2.39. The minimum Gasteiger partial charge on any atom is -0.372 e. The number of anilines is 2. The number of thiophene rings is 1. The van der Waals surface area contributed by atoms with Crippen LogP contribution < -0.4 is 16.2 Å². The monoisotopic (exact) mass is 293 g/mol. The van der Waals surface area contributed by atoms with Gasteiger partial charge in [-0.1, -0.05) is 0 Å². The van der Waals surface area contributed by atoms with E-state index in [-0.39, 0.29) is 5.60 Å². The van der Waals surface area contributed by atoms with Crippen molar-refractivity contribution >= 4 is 33.3 Å². The van der Waals surface area contributed by atoms with Crippen molar-refractivity contribution in [2.24, 2.45) is 5.84 Å². The summed E-state index contributed by atoms with van der Waals surface area (Å²) in [6, 6.07) is 2.14. The quantitative estimate of drug-likeness (QED) is 0.650. The lowest BCUT2D eigenvalue weighted by atomic mass is 10.1. The summed E-state index contributed by atoms with van der Waals surface area (Å²) in [5.41, 5.74) is 2.39. The molecule has 3 rings (SSSR count). The van der Waals surface area contributed by atoms with Crippen LogP contribution in [-0.2, 0) is 4.74 Å². The van der Waals surface area contributed by atoms with Crippen molar-refractivity contribution in [3.05, 3.63) is 10.9 Å². The third-order valence-electron chi connectivity index (χ3n) is 3.35. The van der Waals surface area contributed by atoms with Gasteiger partial charge >= 0.3 is 0 Å². The molecule has 0 saturated carbocycles. The van der Waals surface area contributed by atoms with E-state index in [1.165, 1.54) is 4.88 Å². The number of nitrogen functional groups attached to an aromatic ring is 1. The molecule has 0 aromatic carbocycles. The highest BCUT2D eigenvalue weighted by Crippen LogP contribution is 2.33. The van der Waals surface area contributed by atoms with Crippen LogP contribution in [0.25, 0.3) is 10.2 Å². The molecular weight excluding hydrogens is 274 g/mol. The van der Waals surface area contributed by atoms with Crippen LogP contribution in [0.1, 0.15) is 18.7 Å². The van der Waals surface area contributed by atoms with Crippen LogP contribution in [0.4, 0.5) is 11.8 Å². The fraction of sp³-hybridized carbons (Fsp3) is 0.538. The first-order valence-electron chi connectivity index (χ1n) is 6.62. The van der Waals surface area contributed by atoms with E-state index in [1.54, 1.807) is 11.3 Å². The zero-order valence-corrected chi connectivity index (χ0v) is 12.8. The number of nitrogens with two attached hydrogens (primary N) is 1. The Balaban J connectivity index is 2.09. The summed E-state index contributed by atoms with van der Waals surface area (Å²) in [5.74, 6) is 6.88. The summed E-state index contributed by atoms with van der Waals surface area (Å²) in [7, 11) is 0. The predicted molar refractivity (Wildman–Crippen MR) is 82.2 cm³/mol. The maximum atomic E-state index is 5.77. The largest absolute Gasteiger partial charge is 0.372 e. The first-order valence-corrected chi connectivity index (χ1v) is 7.44. The van der Waals surface area contributed by atoms with E-state index in [9.17, 15) is 0 Å². The van der Waals surface area contributed by atoms with Gasteiger partial charge in [-0.3, -0.25) is 5.43 Å². The Hall–Kier alpha value is -1.44. The van der Waals surface area contributed by atoms with Crippen LogP contribution >= 0.6 is 11.3 Å². The summed E-state index contributed by atoms with van der Waals surface area (Å²) in [4.78, 5) is 13.4. The van der Waals surface area contributed by atoms with Crippen molar-refractivity contribution in [1.82, 2.24) is 9.97 Å². The Kier molecular flexibility index (Phi) is 3.27. The van der Waals surface area contributed by atoms with Gasteiger partial charge in [-0.15, -0.1) is 11.3 Å². The smallest absolute Gasteiger partial charge is 0.240 e. The normalized spacial score (nSPS) is 18.5. The molecule has 0 aliphatic carbocycles. The first-order chi connectivity index (χ1) is 9.48. The SMILES string of the molecule is Cc1cc2c(N3CCOC(C)(C)C3)nc(NN)nc2s1. The molecule has 0 amide bonds. The lowest BCUT2D eigenvalue weighted by Crippen LogP contribution is -2.48. The maximum Gasteiger partial charge on any atom is 0.240 e. The fourth-order valence-electron chi connectivity index (χ4n) is 2.53. The lowest BCUT2D eigenvalue weighted by molar-refractivity contribution is -0.0278. The Morgan fingerprint density at radius 1 is 1.45 bits per heavy atom. The third-order valence-corrected chi connectivity index (χ3v) is 4.29. The second kappa shape index (κ2) is 4.83. The van der Waals surface area contributed by atoms with Crippen molar-refractivity contribution in [1.29, 1.82) is 0 Å². The van der Waals surface area contributed by atoms with Crippen LogP contribution in [0.5, 0.6) is 0 Å². The molecule has 1 saturated heterocycles. The van der Waals surface area contributed by atoms with E-state index in [1.807, 2.05) is 0 Å². The van der Waals surface area contributed by atoms with Gasteiger partial charge in [0.1, 0.15) is 10.6 Å². The molecule has 7 heteroatoms. The molecule has 0 radical (unpaired) electrons. The van der Waals surface area contributed by atoms with Gasteiger partial charge in [0.2, 0.25) is 5.95 Å². The number of fused-ring (bicyclic) bond motifs is 1. The van der Waals surface area contributed by atoms with E-state index in [0.29, 0.717) is 12.6 Å². The number of morpholine rings is 1. The van der Waals surface area contributed by atoms with Crippen LogP contribution in [0.15, 0.2) is 6.07 Å². The van der Waals surface area contributed by atoms with Crippen molar-refractivity contribution < 1.29 is 4.74 Å². The molecule has 0 atom stereocenters. The molecule has 3 N–H and O–H groups in total. The molecular formula is C13H19N5OS. The highest BCUT2D eigenvalue weighted by Gasteiger charge is 2.29. The molecule has 0 spiro atoms. The van der Waals surface area contributed by atoms with Gasteiger partial charge in [-0.2, -0.15) is 4.98 Å². The van der Waals surface area contributed by atoms with E-state index in [4.69, 9.17) is 10.6 Å². The predicted octanol–water partition coefficient (Wildman–Crippen LogP) is 1.90. The Morgan fingerprint density at radius 3 is 2.95 bits per heavy atom. The molecule has 6 nitrogen and oxygen atoms in total.